The Hall–Kier alpha value is -0.890. The highest BCUT2D eigenvalue weighted by Gasteiger charge is 2.16. The normalized spacial score (nSPS) is 10.3. The molecule has 2 N–H and O–H groups in total. The first-order valence-electron chi connectivity index (χ1n) is 4.98. The third-order valence-electron chi connectivity index (χ3n) is 2.08. The van der Waals surface area contributed by atoms with Crippen LogP contribution in [-0.2, 0) is 0 Å². The highest BCUT2D eigenvalue weighted by molar-refractivity contribution is 9.10. The summed E-state index contributed by atoms with van der Waals surface area (Å²) in [5.74, 6) is -0.412. The van der Waals surface area contributed by atoms with Crippen molar-refractivity contribution in [3.8, 4) is 0 Å². The quantitative estimate of drug-likeness (QED) is 0.845. The Morgan fingerprint density at radius 2 is 1.95 bits per heavy atom. The monoisotopic (exact) mass is 380 g/mol. The zero-order chi connectivity index (χ0) is 14.0. The summed E-state index contributed by atoms with van der Waals surface area (Å²) in [6, 6.07) is 3.28. The minimum Gasteiger partial charge on any atom is -0.363 e. The molecule has 0 radical (unpaired) electrons. The molecule has 0 unspecified atom stereocenters. The van der Waals surface area contributed by atoms with E-state index in [0.717, 1.165) is 15.8 Å². The van der Waals surface area contributed by atoms with Gasteiger partial charge in [-0.1, -0.05) is 50.5 Å². The maximum atomic E-state index is 12.0. The van der Waals surface area contributed by atoms with Crippen molar-refractivity contribution in [3.63, 3.8) is 0 Å². The van der Waals surface area contributed by atoms with Gasteiger partial charge in [0.1, 0.15) is 0 Å². The van der Waals surface area contributed by atoms with Crippen LogP contribution in [0.2, 0.25) is 10.0 Å². The fourth-order valence-corrected chi connectivity index (χ4v) is 3.14. The number of nitrogens with one attached hydrogen (secondary N) is 2. The average Bonchev–Trinajstić information content (AvgIpc) is 2.82. The van der Waals surface area contributed by atoms with E-state index in [-0.39, 0.29) is 5.01 Å². The zero-order valence-electron chi connectivity index (χ0n) is 9.50. The number of nitrogens with zero attached hydrogens (tertiary/aromatic N) is 2. The minimum absolute atomic E-state index is 0.222. The van der Waals surface area contributed by atoms with Crippen molar-refractivity contribution in [3.05, 3.63) is 31.7 Å². The third-order valence-corrected chi connectivity index (χ3v) is 4.07. The van der Waals surface area contributed by atoms with Crippen LogP contribution in [0.5, 0.6) is 0 Å². The molecule has 5 nitrogen and oxygen atoms in total. The van der Waals surface area contributed by atoms with Gasteiger partial charge < -0.3 is 10.6 Å². The maximum Gasteiger partial charge on any atom is 0.286 e. The predicted molar refractivity (Wildman–Crippen MR) is 81.6 cm³/mol. The van der Waals surface area contributed by atoms with Crippen molar-refractivity contribution in [2.45, 2.75) is 0 Å². The Labute approximate surface area is 131 Å². The first kappa shape index (κ1) is 14.5. The second-order valence-corrected chi connectivity index (χ2v) is 6.07. The van der Waals surface area contributed by atoms with Crippen LogP contribution in [0.15, 0.2) is 16.6 Å². The van der Waals surface area contributed by atoms with Crippen LogP contribution in [0, 0.1) is 0 Å². The number of rotatable bonds is 3. The molecule has 100 valence electrons. The van der Waals surface area contributed by atoms with Crippen LogP contribution in [0.3, 0.4) is 0 Å². The lowest BCUT2D eigenvalue weighted by Crippen LogP contribution is -2.12. The highest BCUT2D eigenvalue weighted by Crippen LogP contribution is 2.34. The molecule has 2 rings (SSSR count). The number of carbonyl (C=O) groups excluding carboxylic acids is 1. The standard InChI is InChI=1S/C10H7BrCl2N4OS/c1-14-10-17-16-9(19-10)8(18)15-7-5(12)2-4(11)3-6(7)13/h2-3H,1H3,(H,14,17)(H,15,18). The number of aromatic nitrogens is 2. The second-order valence-electron chi connectivity index (χ2n) is 3.36. The number of anilines is 2. The van der Waals surface area contributed by atoms with E-state index in [1.54, 1.807) is 19.2 Å². The fraction of sp³-hybridized carbons (Fsp3) is 0.100. The van der Waals surface area contributed by atoms with Gasteiger partial charge >= 0.3 is 0 Å². The summed E-state index contributed by atoms with van der Waals surface area (Å²) in [7, 11) is 1.70. The lowest BCUT2D eigenvalue weighted by atomic mass is 10.3. The molecule has 0 fully saturated rings. The van der Waals surface area contributed by atoms with Crippen molar-refractivity contribution < 1.29 is 4.79 Å². The molecule has 0 aliphatic heterocycles. The van der Waals surface area contributed by atoms with E-state index in [9.17, 15) is 4.79 Å². The van der Waals surface area contributed by atoms with Crippen molar-refractivity contribution in [1.82, 2.24) is 10.2 Å². The maximum absolute atomic E-state index is 12.0. The van der Waals surface area contributed by atoms with Gasteiger partial charge in [-0.05, 0) is 12.1 Å². The predicted octanol–water partition coefficient (Wildman–Crippen LogP) is 3.90. The fourth-order valence-electron chi connectivity index (χ4n) is 1.24. The number of benzene rings is 1. The SMILES string of the molecule is CNc1nnc(C(=O)Nc2c(Cl)cc(Br)cc2Cl)s1. The number of hydrogen-bond acceptors (Lipinski definition) is 5. The Kier molecular flexibility index (Phi) is 4.62. The van der Waals surface area contributed by atoms with Crippen LogP contribution in [-0.4, -0.2) is 23.2 Å². The first-order valence-corrected chi connectivity index (χ1v) is 7.35. The molecule has 9 heteroatoms. The van der Waals surface area contributed by atoms with Gasteiger partial charge in [-0.2, -0.15) is 0 Å². The van der Waals surface area contributed by atoms with Crippen LogP contribution in [0.25, 0.3) is 0 Å². The number of amides is 1. The van der Waals surface area contributed by atoms with Gasteiger partial charge in [0.2, 0.25) is 10.1 Å². The van der Waals surface area contributed by atoms with E-state index in [4.69, 9.17) is 23.2 Å². The molecule has 1 aromatic carbocycles. The van der Waals surface area contributed by atoms with E-state index in [2.05, 4.69) is 36.8 Å². The molecule has 0 aliphatic rings. The lowest BCUT2D eigenvalue weighted by molar-refractivity contribution is 0.102. The molecule has 19 heavy (non-hydrogen) atoms. The molecule has 1 amide bonds. The van der Waals surface area contributed by atoms with Crippen LogP contribution in [0.4, 0.5) is 10.8 Å². The Balaban J connectivity index is 2.24. The molecule has 2 aromatic rings. The summed E-state index contributed by atoms with van der Waals surface area (Å²) < 4.78 is 0.730. The lowest BCUT2D eigenvalue weighted by Gasteiger charge is -2.08. The molecule has 0 saturated carbocycles. The Morgan fingerprint density at radius 1 is 1.32 bits per heavy atom. The van der Waals surface area contributed by atoms with Gasteiger partial charge in [0.05, 0.1) is 15.7 Å². The van der Waals surface area contributed by atoms with Crippen molar-refractivity contribution in [1.29, 1.82) is 0 Å². The van der Waals surface area contributed by atoms with Crippen LogP contribution in [0.1, 0.15) is 9.80 Å². The van der Waals surface area contributed by atoms with Gasteiger partial charge in [0, 0.05) is 11.5 Å². The number of hydrogen-bond donors (Lipinski definition) is 2. The summed E-state index contributed by atoms with van der Waals surface area (Å²) in [5.41, 5.74) is 0.345. The second kappa shape index (κ2) is 6.04. The van der Waals surface area contributed by atoms with Crippen LogP contribution >= 0.6 is 50.5 Å². The summed E-state index contributed by atoms with van der Waals surface area (Å²) in [4.78, 5) is 12.0. The van der Waals surface area contributed by atoms with E-state index in [0.29, 0.717) is 20.9 Å². The molecule has 0 bridgehead atoms. The molecular weight excluding hydrogens is 375 g/mol. The summed E-state index contributed by atoms with van der Waals surface area (Å²) in [6.07, 6.45) is 0. The van der Waals surface area contributed by atoms with E-state index in [1.165, 1.54) is 0 Å². The van der Waals surface area contributed by atoms with Gasteiger partial charge in [-0.3, -0.25) is 4.79 Å². The number of halogens is 3. The van der Waals surface area contributed by atoms with Crippen molar-refractivity contribution in [2.75, 3.05) is 17.7 Å². The van der Waals surface area contributed by atoms with Crippen molar-refractivity contribution in [2.24, 2.45) is 0 Å². The smallest absolute Gasteiger partial charge is 0.286 e. The molecular formula is C10H7BrCl2N4OS. The zero-order valence-corrected chi connectivity index (χ0v) is 13.4. The minimum atomic E-state index is -0.412. The summed E-state index contributed by atoms with van der Waals surface area (Å²) in [6.45, 7) is 0. The van der Waals surface area contributed by atoms with Gasteiger partial charge in [0.25, 0.3) is 5.91 Å². The third kappa shape index (κ3) is 3.36. The van der Waals surface area contributed by atoms with E-state index >= 15 is 0 Å². The van der Waals surface area contributed by atoms with Crippen molar-refractivity contribution >= 4 is 67.2 Å². The molecule has 0 saturated heterocycles. The molecule has 1 heterocycles. The Bertz CT molecular complexity index is 611. The largest absolute Gasteiger partial charge is 0.363 e. The number of carbonyl (C=O) groups is 1. The average molecular weight is 382 g/mol. The molecule has 0 atom stereocenters. The molecule has 0 aliphatic carbocycles. The van der Waals surface area contributed by atoms with Gasteiger partial charge in [-0.15, -0.1) is 10.2 Å². The first-order chi connectivity index (χ1) is 9.01. The van der Waals surface area contributed by atoms with Gasteiger partial charge in [-0.25, -0.2) is 0 Å². The summed E-state index contributed by atoms with van der Waals surface area (Å²) in [5, 5.41) is 14.4. The highest BCUT2D eigenvalue weighted by atomic mass is 79.9. The van der Waals surface area contributed by atoms with E-state index in [1.807, 2.05) is 0 Å². The topological polar surface area (TPSA) is 66.9 Å². The molecule has 1 aromatic heterocycles. The van der Waals surface area contributed by atoms with Crippen LogP contribution < -0.4 is 10.6 Å². The molecule has 0 spiro atoms. The van der Waals surface area contributed by atoms with Gasteiger partial charge in [0.15, 0.2) is 0 Å². The Morgan fingerprint density at radius 3 is 2.47 bits per heavy atom. The summed E-state index contributed by atoms with van der Waals surface area (Å²) >= 11 is 16.4. The van der Waals surface area contributed by atoms with E-state index < -0.39 is 5.91 Å².